The fraction of sp³-hybridized carbons (Fsp3) is 0.571. The Labute approximate surface area is 115 Å². The topological polar surface area (TPSA) is 21.3 Å². The van der Waals surface area contributed by atoms with Gasteiger partial charge in [0.15, 0.2) is 0 Å². The molecule has 1 heterocycles. The summed E-state index contributed by atoms with van der Waals surface area (Å²) in [6, 6.07) is 5.44. The Bertz CT molecular complexity index is 477. The van der Waals surface area contributed by atoms with Gasteiger partial charge in [0.2, 0.25) is 0 Å². The van der Waals surface area contributed by atoms with Crippen LogP contribution in [-0.2, 0) is 4.74 Å². The number of anilines is 1. The van der Waals surface area contributed by atoms with E-state index >= 15 is 0 Å². The minimum atomic E-state index is -0.206. The molecule has 1 aromatic rings. The second-order valence-corrected chi connectivity index (χ2v) is 6.73. The Balaban J connectivity index is 1.80. The third kappa shape index (κ3) is 1.77. The van der Waals surface area contributed by atoms with Crippen molar-refractivity contribution in [2.75, 3.05) is 11.9 Å². The Morgan fingerprint density at radius 1 is 1.44 bits per heavy atom. The van der Waals surface area contributed by atoms with E-state index in [4.69, 9.17) is 4.74 Å². The molecule has 1 aliphatic heterocycles. The number of benzene rings is 1. The lowest BCUT2D eigenvalue weighted by atomic mass is 9.57. The molecule has 1 aromatic carbocycles. The van der Waals surface area contributed by atoms with Crippen LogP contribution in [0.15, 0.2) is 22.7 Å². The van der Waals surface area contributed by atoms with E-state index in [1.807, 2.05) is 6.07 Å². The van der Waals surface area contributed by atoms with Gasteiger partial charge >= 0.3 is 0 Å². The van der Waals surface area contributed by atoms with E-state index in [-0.39, 0.29) is 11.2 Å². The molecule has 0 spiro atoms. The van der Waals surface area contributed by atoms with E-state index in [2.05, 4.69) is 35.1 Å². The lowest BCUT2D eigenvalue weighted by Gasteiger charge is -2.55. The molecule has 3 rings (SSSR count). The van der Waals surface area contributed by atoms with Gasteiger partial charge < -0.3 is 10.1 Å². The molecule has 0 radical (unpaired) electrons. The van der Waals surface area contributed by atoms with Gasteiger partial charge in [0.25, 0.3) is 0 Å². The zero-order chi connectivity index (χ0) is 12.9. The number of fused-ring (bicyclic) bond motifs is 1. The van der Waals surface area contributed by atoms with Crippen molar-refractivity contribution < 1.29 is 9.13 Å². The highest BCUT2D eigenvalue weighted by atomic mass is 79.9. The Kier molecular flexibility index (Phi) is 2.90. The Hall–Kier alpha value is -0.610. The first kappa shape index (κ1) is 12.4. The molecule has 1 saturated carbocycles. The number of halogens is 2. The summed E-state index contributed by atoms with van der Waals surface area (Å²) in [5.41, 5.74) is 0.655. The van der Waals surface area contributed by atoms with Crippen LogP contribution in [0.4, 0.5) is 10.1 Å². The van der Waals surface area contributed by atoms with Crippen LogP contribution in [0.2, 0.25) is 0 Å². The molecule has 2 aliphatic rings. The van der Waals surface area contributed by atoms with Crippen molar-refractivity contribution in [3.63, 3.8) is 0 Å². The van der Waals surface area contributed by atoms with Gasteiger partial charge in [-0.15, -0.1) is 0 Å². The summed E-state index contributed by atoms with van der Waals surface area (Å²) < 4.78 is 20.4. The Morgan fingerprint density at radius 2 is 2.22 bits per heavy atom. The van der Waals surface area contributed by atoms with Crippen LogP contribution in [0.1, 0.15) is 20.3 Å². The highest BCUT2D eigenvalue weighted by Crippen LogP contribution is 2.53. The summed E-state index contributed by atoms with van der Waals surface area (Å²) in [5.74, 6) is 0.311. The highest BCUT2D eigenvalue weighted by Gasteiger charge is 2.59. The van der Waals surface area contributed by atoms with E-state index in [0.717, 1.165) is 17.5 Å². The van der Waals surface area contributed by atoms with Crippen molar-refractivity contribution in [1.82, 2.24) is 0 Å². The molecular weight excluding hydrogens is 297 g/mol. The third-order valence-electron chi connectivity index (χ3n) is 4.34. The normalized spacial score (nSPS) is 32.8. The molecule has 0 aromatic heterocycles. The van der Waals surface area contributed by atoms with Crippen molar-refractivity contribution >= 4 is 21.6 Å². The van der Waals surface area contributed by atoms with Crippen LogP contribution in [0, 0.1) is 17.2 Å². The molecule has 2 nitrogen and oxygen atoms in total. The van der Waals surface area contributed by atoms with E-state index in [9.17, 15) is 4.39 Å². The quantitative estimate of drug-likeness (QED) is 0.896. The molecule has 0 amide bonds. The fourth-order valence-electron chi connectivity index (χ4n) is 3.39. The minimum Gasteiger partial charge on any atom is -0.379 e. The zero-order valence-corrected chi connectivity index (χ0v) is 12.1. The number of ether oxygens (including phenoxy) is 1. The van der Waals surface area contributed by atoms with Crippen molar-refractivity contribution in [1.29, 1.82) is 0 Å². The number of hydrogen-bond donors (Lipinski definition) is 1. The molecular formula is C14H17BrFNO. The summed E-state index contributed by atoms with van der Waals surface area (Å²) in [6.45, 7) is 5.21. The monoisotopic (exact) mass is 313 g/mol. The van der Waals surface area contributed by atoms with Crippen molar-refractivity contribution in [2.45, 2.75) is 32.4 Å². The number of nitrogens with one attached hydrogen (secondary N) is 1. The molecule has 1 saturated heterocycles. The molecule has 3 atom stereocenters. The maximum Gasteiger partial charge on any atom is 0.147 e. The van der Waals surface area contributed by atoms with E-state index < -0.39 is 0 Å². The smallest absolute Gasteiger partial charge is 0.147 e. The first-order chi connectivity index (χ1) is 8.50. The van der Waals surface area contributed by atoms with Crippen molar-refractivity contribution in [3.8, 4) is 0 Å². The van der Waals surface area contributed by atoms with Gasteiger partial charge in [-0.05, 0) is 24.6 Å². The molecule has 18 heavy (non-hydrogen) atoms. The number of hydrogen-bond acceptors (Lipinski definition) is 2. The lowest BCUT2D eigenvalue weighted by molar-refractivity contribution is -0.0923. The summed E-state index contributed by atoms with van der Waals surface area (Å²) in [4.78, 5) is 0. The zero-order valence-electron chi connectivity index (χ0n) is 10.5. The van der Waals surface area contributed by atoms with Gasteiger partial charge in [-0.3, -0.25) is 0 Å². The molecule has 1 N–H and O–H groups in total. The second kappa shape index (κ2) is 4.20. The molecule has 0 bridgehead atoms. The average molecular weight is 314 g/mol. The van der Waals surface area contributed by atoms with Crippen LogP contribution in [0.25, 0.3) is 0 Å². The highest BCUT2D eigenvalue weighted by molar-refractivity contribution is 9.10. The van der Waals surface area contributed by atoms with Gasteiger partial charge in [-0.25, -0.2) is 4.39 Å². The molecule has 4 heteroatoms. The van der Waals surface area contributed by atoms with Gasteiger partial charge in [0.05, 0.1) is 11.8 Å². The minimum absolute atomic E-state index is 0.0701. The van der Waals surface area contributed by atoms with E-state index in [1.165, 1.54) is 6.07 Å². The fourth-order valence-corrected chi connectivity index (χ4v) is 3.72. The summed E-state index contributed by atoms with van der Waals surface area (Å²) in [5, 5.41) is 3.36. The molecule has 2 fully saturated rings. The van der Waals surface area contributed by atoms with E-state index in [0.29, 0.717) is 23.8 Å². The number of rotatable bonds is 2. The van der Waals surface area contributed by atoms with E-state index in [1.54, 1.807) is 6.07 Å². The first-order valence-corrected chi connectivity index (χ1v) is 7.12. The molecule has 3 unspecified atom stereocenters. The lowest BCUT2D eigenvalue weighted by Crippen LogP contribution is -2.63. The first-order valence-electron chi connectivity index (χ1n) is 6.33. The predicted molar refractivity (Wildman–Crippen MR) is 73.1 cm³/mol. The maximum atomic E-state index is 13.8. The maximum absolute atomic E-state index is 13.8. The van der Waals surface area contributed by atoms with Gasteiger partial charge in [-0.2, -0.15) is 0 Å². The van der Waals surface area contributed by atoms with Crippen LogP contribution < -0.4 is 5.32 Å². The Morgan fingerprint density at radius 3 is 2.94 bits per heavy atom. The van der Waals surface area contributed by atoms with Gasteiger partial charge in [-0.1, -0.05) is 29.8 Å². The largest absolute Gasteiger partial charge is 0.379 e. The summed E-state index contributed by atoms with van der Waals surface area (Å²) >= 11 is 3.27. The SMILES string of the molecule is CC1(C)C(Nc2ccc(Br)cc2F)C2CCOC21. The standard InChI is InChI=1S/C14H17BrFNO/c1-14(2)12(9-5-6-18-13(9)14)17-11-4-3-8(15)7-10(11)16/h3-4,7,9,12-13,17H,5-6H2,1-2H3. The van der Waals surface area contributed by atoms with Crippen LogP contribution in [0.5, 0.6) is 0 Å². The van der Waals surface area contributed by atoms with Crippen molar-refractivity contribution in [3.05, 3.63) is 28.5 Å². The van der Waals surface area contributed by atoms with Crippen LogP contribution in [0.3, 0.4) is 0 Å². The van der Waals surface area contributed by atoms with Gasteiger partial charge in [0.1, 0.15) is 5.82 Å². The van der Waals surface area contributed by atoms with Crippen LogP contribution in [-0.4, -0.2) is 18.8 Å². The summed E-state index contributed by atoms with van der Waals surface area (Å²) in [7, 11) is 0. The van der Waals surface area contributed by atoms with Crippen LogP contribution >= 0.6 is 15.9 Å². The average Bonchev–Trinajstić information content (AvgIpc) is 2.74. The van der Waals surface area contributed by atoms with Crippen molar-refractivity contribution in [2.24, 2.45) is 11.3 Å². The molecule has 98 valence electrons. The molecule has 1 aliphatic carbocycles. The summed E-state index contributed by atoms with van der Waals surface area (Å²) in [6.07, 6.45) is 1.40. The van der Waals surface area contributed by atoms with Gasteiger partial charge in [0, 0.05) is 28.5 Å². The second-order valence-electron chi connectivity index (χ2n) is 5.81. The predicted octanol–water partition coefficient (Wildman–Crippen LogP) is 3.81. The third-order valence-corrected chi connectivity index (χ3v) is 4.84.